The number of benzene rings is 1. The average molecular weight is 273 g/mol. The van der Waals surface area contributed by atoms with Gasteiger partial charge in [-0.1, -0.05) is 39.5 Å². The van der Waals surface area contributed by atoms with Crippen LogP contribution in [-0.4, -0.2) is 6.54 Å². The molecule has 0 aliphatic carbocycles. The molecular weight excluding hydrogens is 251 g/mol. The zero-order valence-electron chi connectivity index (χ0n) is 11.6. The van der Waals surface area contributed by atoms with Crippen LogP contribution in [0, 0.1) is 17.5 Å². The van der Waals surface area contributed by atoms with Gasteiger partial charge in [-0.3, -0.25) is 0 Å². The predicted octanol–water partition coefficient (Wildman–Crippen LogP) is 4.72. The van der Waals surface area contributed by atoms with Gasteiger partial charge in [0.1, 0.15) is 17.5 Å². The van der Waals surface area contributed by atoms with E-state index in [1.54, 1.807) is 0 Å². The van der Waals surface area contributed by atoms with E-state index in [9.17, 15) is 13.2 Å². The van der Waals surface area contributed by atoms with Gasteiger partial charge < -0.3 is 5.32 Å². The van der Waals surface area contributed by atoms with Crippen LogP contribution in [0.3, 0.4) is 0 Å². The van der Waals surface area contributed by atoms with Crippen molar-refractivity contribution in [2.24, 2.45) is 0 Å². The van der Waals surface area contributed by atoms with E-state index in [1.165, 1.54) is 0 Å². The van der Waals surface area contributed by atoms with Crippen molar-refractivity contribution in [2.75, 3.05) is 6.54 Å². The highest BCUT2D eigenvalue weighted by Crippen LogP contribution is 2.26. The molecule has 0 fully saturated rings. The minimum Gasteiger partial charge on any atom is -0.310 e. The van der Waals surface area contributed by atoms with E-state index >= 15 is 0 Å². The Labute approximate surface area is 113 Å². The molecule has 1 N–H and O–H groups in total. The zero-order valence-corrected chi connectivity index (χ0v) is 11.6. The van der Waals surface area contributed by atoms with Gasteiger partial charge in [0.2, 0.25) is 0 Å². The number of unbranched alkanes of at least 4 members (excludes halogenated alkanes) is 3. The van der Waals surface area contributed by atoms with Crippen LogP contribution in [0.25, 0.3) is 0 Å². The second-order valence-corrected chi connectivity index (χ2v) is 4.74. The fourth-order valence-electron chi connectivity index (χ4n) is 2.26. The number of halogens is 3. The second-order valence-electron chi connectivity index (χ2n) is 4.74. The molecule has 0 aliphatic heterocycles. The Hall–Kier alpha value is -1.03. The molecule has 0 aliphatic rings. The smallest absolute Gasteiger partial charge is 0.133 e. The lowest BCUT2D eigenvalue weighted by atomic mass is 9.98. The molecule has 0 amide bonds. The van der Waals surface area contributed by atoms with Gasteiger partial charge in [-0.25, -0.2) is 13.2 Å². The lowest BCUT2D eigenvalue weighted by molar-refractivity contribution is 0.431. The largest absolute Gasteiger partial charge is 0.310 e. The van der Waals surface area contributed by atoms with Gasteiger partial charge in [0.15, 0.2) is 0 Å². The minimum absolute atomic E-state index is 0.0419. The number of hydrogen-bond acceptors (Lipinski definition) is 1. The predicted molar refractivity (Wildman–Crippen MR) is 71.5 cm³/mol. The zero-order chi connectivity index (χ0) is 14.3. The first-order valence-electron chi connectivity index (χ1n) is 6.98. The number of hydrogen-bond donors (Lipinski definition) is 1. The number of rotatable bonds is 8. The summed E-state index contributed by atoms with van der Waals surface area (Å²) in [7, 11) is 0. The minimum atomic E-state index is -0.875. The first-order valence-corrected chi connectivity index (χ1v) is 6.98. The molecule has 0 saturated heterocycles. The molecule has 0 aromatic heterocycles. The normalized spacial score (nSPS) is 12.7. The molecule has 0 heterocycles. The molecule has 1 rings (SSSR count). The van der Waals surface area contributed by atoms with Gasteiger partial charge in [0, 0.05) is 23.7 Å². The van der Waals surface area contributed by atoms with E-state index in [4.69, 9.17) is 0 Å². The lowest BCUT2D eigenvalue weighted by Gasteiger charge is -2.19. The van der Waals surface area contributed by atoms with Crippen molar-refractivity contribution in [3.63, 3.8) is 0 Å². The molecule has 1 aromatic carbocycles. The highest BCUT2D eigenvalue weighted by Gasteiger charge is 2.20. The Morgan fingerprint density at radius 1 is 1.00 bits per heavy atom. The Kier molecular flexibility index (Phi) is 6.92. The van der Waals surface area contributed by atoms with Crippen LogP contribution in [0.5, 0.6) is 0 Å². The van der Waals surface area contributed by atoms with E-state index in [0.717, 1.165) is 37.8 Å². The molecule has 0 radical (unpaired) electrons. The molecule has 1 atom stereocenters. The third-order valence-electron chi connectivity index (χ3n) is 3.19. The molecule has 4 heteroatoms. The summed E-state index contributed by atoms with van der Waals surface area (Å²) in [6, 6.07) is 1.10. The molecule has 108 valence electrons. The second kappa shape index (κ2) is 8.20. The molecule has 1 aromatic rings. The summed E-state index contributed by atoms with van der Waals surface area (Å²) in [6.45, 7) is 4.62. The van der Waals surface area contributed by atoms with Crippen molar-refractivity contribution in [2.45, 2.75) is 52.0 Å². The van der Waals surface area contributed by atoms with Gasteiger partial charge in [-0.15, -0.1) is 0 Å². The van der Waals surface area contributed by atoms with Crippen LogP contribution < -0.4 is 5.32 Å². The maximum absolute atomic E-state index is 13.7. The van der Waals surface area contributed by atoms with Crippen molar-refractivity contribution in [3.05, 3.63) is 35.1 Å². The van der Waals surface area contributed by atoms with E-state index in [-0.39, 0.29) is 11.6 Å². The molecule has 0 spiro atoms. The number of nitrogens with one attached hydrogen (secondary N) is 1. The Balaban J connectivity index is 2.80. The molecule has 1 unspecified atom stereocenters. The topological polar surface area (TPSA) is 12.0 Å². The van der Waals surface area contributed by atoms with Gasteiger partial charge in [0.05, 0.1) is 0 Å². The fraction of sp³-hybridized carbons (Fsp3) is 0.600. The summed E-state index contributed by atoms with van der Waals surface area (Å²) in [5.74, 6) is -2.49. The van der Waals surface area contributed by atoms with Gasteiger partial charge in [-0.05, 0) is 13.0 Å². The maximum atomic E-state index is 13.7. The van der Waals surface area contributed by atoms with Crippen LogP contribution >= 0.6 is 0 Å². The molecule has 0 saturated carbocycles. The van der Waals surface area contributed by atoms with Gasteiger partial charge in [-0.2, -0.15) is 0 Å². The Morgan fingerprint density at radius 3 is 2.16 bits per heavy atom. The fourth-order valence-corrected chi connectivity index (χ4v) is 2.26. The SMILES string of the molecule is CCCCCCC(NCC)c1c(F)cc(F)cc1F. The summed E-state index contributed by atoms with van der Waals surface area (Å²) in [6.07, 6.45) is 4.84. The van der Waals surface area contributed by atoms with Crippen LogP contribution in [0.1, 0.15) is 57.6 Å². The Morgan fingerprint density at radius 2 is 1.63 bits per heavy atom. The summed E-state index contributed by atoms with van der Waals surface area (Å²) in [4.78, 5) is 0. The van der Waals surface area contributed by atoms with Crippen molar-refractivity contribution in [1.29, 1.82) is 0 Å². The molecule has 0 bridgehead atoms. The summed E-state index contributed by atoms with van der Waals surface area (Å²) in [5.41, 5.74) is -0.0419. The monoisotopic (exact) mass is 273 g/mol. The quantitative estimate of drug-likeness (QED) is 0.675. The third-order valence-corrected chi connectivity index (χ3v) is 3.19. The van der Waals surface area contributed by atoms with Crippen LogP contribution in [0.2, 0.25) is 0 Å². The van der Waals surface area contributed by atoms with Crippen molar-refractivity contribution >= 4 is 0 Å². The van der Waals surface area contributed by atoms with Crippen LogP contribution in [0.4, 0.5) is 13.2 Å². The van der Waals surface area contributed by atoms with E-state index < -0.39 is 17.5 Å². The first-order chi connectivity index (χ1) is 9.10. The average Bonchev–Trinajstić information content (AvgIpc) is 2.33. The van der Waals surface area contributed by atoms with Crippen molar-refractivity contribution in [3.8, 4) is 0 Å². The van der Waals surface area contributed by atoms with Crippen molar-refractivity contribution in [1.82, 2.24) is 5.32 Å². The molecular formula is C15H22F3N. The third kappa shape index (κ3) is 4.86. The van der Waals surface area contributed by atoms with Crippen molar-refractivity contribution < 1.29 is 13.2 Å². The van der Waals surface area contributed by atoms with E-state index in [2.05, 4.69) is 12.2 Å². The van der Waals surface area contributed by atoms with Gasteiger partial charge >= 0.3 is 0 Å². The molecule has 19 heavy (non-hydrogen) atoms. The molecule has 1 nitrogen and oxygen atoms in total. The highest BCUT2D eigenvalue weighted by molar-refractivity contribution is 5.24. The summed E-state index contributed by atoms with van der Waals surface area (Å²) >= 11 is 0. The first kappa shape index (κ1) is 16.0. The van der Waals surface area contributed by atoms with E-state index in [1.807, 2.05) is 6.92 Å². The van der Waals surface area contributed by atoms with E-state index in [0.29, 0.717) is 13.0 Å². The maximum Gasteiger partial charge on any atom is 0.133 e. The summed E-state index contributed by atoms with van der Waals surface area (Å²) in [5, 5.41) is 3.07. The lowest BCUT2D eigenvalue weighted by Crippen LogP contribution is -2.23. The highest BCUT2D eigenvalue weighted by atomic mass is 19.1. The Bertz CT molecular complexity index is 370. The standard InChI is InChI=1S/C15H22F3N/c1-3-5-6-7-8-14(19-4-2)15-12(17)9-11(16)10-13(15)18/h9-10,14,19H,3-8H2,1-2H3. The van der Waals surface area contributed by atoms with Gasteiger partial charge in [0.25, 0.3) is 0 Å². The van der Waals surface area contributed by atoms with Crippen LogP contribution in [0.15, 0.2) is 12.1 Å². The summed E-state index contributed by atoms with van der Waals surface area (Å²) < 4.78 is 40.4. The van der Waals surface area contributed by atoms with Crippen LogP contribution in [-0.2, 0) is 0 Å².